The van der Waals surface area contributed by atoms with Gasteiger partial charge in [0.05, 0.1) is 42.0 Å². The molecule has 3 aromatic heterocycles. The van der Waals surface area contributed by atoms with Crippen molar-refractivity contribution in [3.8, 4) is 34.1 Å². The summed E-state index contributed by atoms with van der Waals surface area (Å²) in [5, 5.41) is 5.69. The van der Waals surface area contributed by atoms with E-state index in [4.69, 9.17) is 19.4 Å². The first-order valence-electron chi connectivity index (χ1n) is 18.0. The van der Waals surface area contributed by atoms with Crippen LogP contribution in [-0.2, 0) is 11.1 Å². The number of imidazole rings is 1. The number of amides is 1. The smallest absolute Gasteiger partial charge is 0.259 e. The van der Waals surface area contributed by atoms with Crippen molar-refractivity contribution in [1.82, 2.24) is 24.3 Å². The molecule has 16 heteroatoms. The van der Waals surface area contributed by atoms with Crippen LogP contribution >= 0.6 is 0 Å². The molecule has 0 saturated carbocycles. The van der Waals surface area contributed by atoms with E-state index >= 15 is 0 Å². The fourth-order valence-electron chi connectivity index (χ4n) is 6.75. The van der Waals surface area contributed by atoms with E-state index in [0.717, 1.165) is 49.6 Å². The summed E-state index contributed by atoms with van der Waals surface area (Å²) in [5.74, 6) is -1.33. The minimum atomic E-state index is -2.06. The van der Waals surface area contributed by atoms with Crippen molar-refractivity contribution in [3.05, 3.63) is 108 Å². The molecule has 1 fully saturated rings. The monoisotopic (exact) mass is 781 g/mol. The molecule has 56 heavy (non-hydrogen) atoms. The number of benzene rings is 3. The quantitative estimate of drug-likeness (QED) is 0.125. The van der Waals surface area contributed by atoms with Crippen molar-refractivity contribution < 1.29 is 31.8 Å². The molecular weight excluding hydrogens is 743 g/mol. The molecule has 1 atom stereocenters. The van der Waals surface area contributed by atoms with E-state index in [1.54, 1.807) is 44.5 Å². The Morgan fingerprint density at radius 2 is 1.75 bits per heavy atom. The highest BCUT2D eigenvalue weighted by Crippen LogP contribution is 2.37. The summed E-state index contributed by atoms with van der Waals surface area (Å²) < 4.78 is 64.5. The Bertz CT molecular complexity index is 2400. The van der Waals surface area contributed by atoms with Crippen LogP contribution in [0.15, 0.2) is 85.2 Å². The summed E-state index contributed by atoms with van der Waals surface area (Å²) in [7, 11) is 1.60. The van der Waals surface area contributed by atoms with Crippen molar-refractivity contribution >= 4 is 45.6 Å². The first kappa shape index (κ1) is 38.3. The average molecular weight is 782 g/mol. The second-order valence-corrected chi connectivity index (χ2v) is 14.0. The number of carbonyl (C=O) groups excluding carboxylic acids is 1. The first-order valence-corrected chi connectivity index (χ1v) is 19.2. The van der Waals surface area contributed by atoms with Crippen LogP contribution in [0.25, 0.3) is 28.3 Å². The minimum absolute atomic E-state index is 0.0600. The highest BCUT2D eigenvalue weighted by Gasteiger charge is 2.24. The van der Waals surface area contributed by atoms with E-state index in [0.29, 0.717) is 52.2 Å². The van der Waals surface area contributed by atoms with Gasteiger partial charge >= 0.3 is 0 Å². The van der Waals surface area contributed by atoms with Crippen LogP contribution < -0.4 is 25.0 Å². The molecule has 7 rings (SSSR count). The molecule has 13 nitrogen and oxygen atoms in total. The summed E-state index contributed by atoms with van der Waals surface area (Å²) in [5.41, 5.74) is 4.97. The Labute approximate surface area is 324 Å². The van der Waals surface area contributed by atoms with Crippen LogP contribution in [-0.4, -0.2) is 91.1 Å². The zero-order chi connectivity index (χ0) is 39.3. The number of nitrogens with one attached hydrogen (secondary N) is 2. The third-order valence-electron chi connectivity index (χ3n) is 9.48. The fraction of sp³-hybridized carbons (Fsp3) is 0.250. The maximum atomic E-state index is 14.5. The van der Waals surface area contributed by atoms with Crippen molar-refractivity contribution in [2.75, 3.05) is 67.7 Å². The SMILES string of the molecule is CCOc1ccc(-c2nc3ccccn3c2-c2ccnc(Nc3cc(C)c(N4CCN(CCS(=O)[O-])CC4)cc3OC)n2)cc1C(=O)Nc1c(F)cccc1F. The first-order chi connectivity index (χ1) is 27.1. The lowest BCUT2D eigenvalue weighted by Crippen LogP contribution is -2.47. The predicted octanol–water partition coefficient (Wildman–Crippen LogP) is 6.45. The van der Waals surface area contributed by atoms with Crippen LogP contribution in [0.3, 0.4) is 0 Å². The molecule has 1 amide bonds. The molecule has 2 N–H and O–H groups in total. The summed E-state index contributed by atoms with van der Waals surface area (Å²) in [6.45, 7) is 7.57. The third-order valence-corrected chi connectivity index (χ3v) is 9.99. The molecule has 1 aliphatic rings. The lowest BCUT2D eigenvalue weighted by molar-refractivity contribution is 0.102. The Hall–Kier alpha value is -5.97. The summed E-state index contributed by atoms with van der Waals surface area (Å²) >= 11 is -2.06. The number of nitrogens with zero attached hydrogens (tertiary/aromatic N) is 6. The molecule has 6 aromatic rings. The van der Waals surface area contributed by atoms with Gasteiger partial charge in [-0.1, -0.05) is 23.2 Å². The highest BCUT2D eigenvalue weighted by atomic mass is 32.2. The normalized spacial score (nSPS) is 13.8. The lowest BCUT2D eigenvalue weighted by atomic mass is 10.0. The molecular formula is C40H39F2N8O5S-. The number of piperazine rings is 1. The molecule has 290 valence electrons. The van der Waals surface area contributed by atoms with Gasteiger partial charge in [-0.15, -0.1) is 0 Å². The topological polar surface area (TPSA) is 149 Å². The van der Waals surface area contributed by atoms with Crippen LogP contribution in [0, 0.1) is 18.6 Å². The second-order valence-electron chi connectivity index (χ2n) is 13.0. The van der Waals surface area contributed by atoms with Gasteiger partial charge in [-0.2, -0.15) is 0 Å². The number of methoxy groups -OCH3 is 1. The molecule has 0 bridgehead atoms. The number of hydrogen-bond acceptors (Lipinski definition) is 11. The number of aryl methyl sites for hydroxylation is 1. The van der Waals surface area contributed by atoms with Crippen LogP contribution in [0.2, 0.25) is 0 Å². The number of halogens is 2. The van der Waals surface area contributed by atoms with Gasteiger partial charge in [-0.3, -0.25) is 18.3 Å². The maximum absolute atomic E-state index is 14.5. The number of para-hydroxylation sites is 1. The molecule has 0 spiro atoms. The average Bonchev–Trinajstić information content (AvgIpc) is 3.59. The number of anilines is 4. The van der Waals surface area contributed by atoms with E-state index in [2.05, 4.69) is 25.4 Å². The zero-order valence-electron chi connectivity index (χ0n) is 30.9. The number of hydrogen-bond donors (Lipinski definition) is 2. The largest absolute Gasteiger partial charge is 0.772 e. The maximum Gasteiger partial charge on any atom is 0.259 e. The Morgan fingerprint density at radius 1 is 0.964 bits per heavy atom. The number of carbonyl (C=O) groups is 1. The zero-order valence-corrected chi connectivity index (χ0v) is 31.7. The van der Waals surface area contributed by atoms with Gasteiger partial charge in [0, 0.05) is 68.2 Å². The molecule has 1 unspecified atom stereocenters. The molecule has 1 aliphatic heterocycles. The van der Waals surface area contributed by atoms with Crippen LogP contribution in [0.1, 0.15) is 22.8 Å². The Balaban J connectivity index is 1.20. The summed E-state index contributed by atoms with van der Waals surface area (Å²) in [6, 6.07) is 19.6. The van der Waals surface area contributed by atoms with Crippen molar-refractivity contribution in [2.45, 2.75) is 13.8 Å². The van der Waals surface area contributed by atoms with Gasteiger partial charge in [0.15, 0.2) is 0 Å². The van der Waals surface area contributed by atoms with E-state index in [1.165, 1.54) is 6.07 Å². The number of fused-ring (bicyclic) bond motifs is 1. The minimum Gasteiger partial charge on any atom is -0.772 e. The van der Waals surface area contributed by atoms with Crippen LogP contribution in [0.4, 0.5) is 31.8 Å². The Kier molecular flexibility index (Phi) is 11.5. The Morgan fingerprint density at radius 3 is 2.48 bits per heavy atom. The van der Waals surface area contributed by atoms with E-state index in [-0.39, 0.29) is 23.7 Å². The molecule has 1 saturated heterocycles. The molecule has 0 radical (unpaired) electrons. The predicted molar refractivity (Wildman–Crippen MR) is 211 cm³/mol. The van der Waals surface area contributed by atoms with E-state index in [9.17, 15) is 22.3 Å². The van der Waals surface area contributed by atoms with Gasteiger partial charge in [0.2, 0.25) is 5.95 Å². The third kappa shape index (κ3) is 8.17. The van der Waals surface area contributed by atoms with Crippen molar-refractivity contribution in [2.24, 2.45) is 0 Å². The number of rotatable bonds is 13. The highest BCUT2D eigenvalue weighted by molar-refractivity contribution is 7.79. The number of aromatic nitrogens is 4. The summed E-state index contributed by atoms with van der Waals surface area (Å²) in [4.78, 5) is 32.3. The van der Waals surface area contributed by atoms with Gasteiger partial charge in [-0.25, -0.2) is 23.7 Å². The van der Waals surface area contributed by atoms with Gasteiger partial charge in [0.1, 0.15) is 34.5 Å². The molecule has 0 aliphatic carbocycles. The van der Waals surface area contributed by atoms with Crippen LogP contribution in [0.5, 0.6) is 11.5 Å². The van der Waals surface area contributed by atoms with Crippen molar-refractivity contribution in [1.29, 1.82) is 0 Å². The van der Waals surface area contributed by atoms with E-state index in [1.807, 2.05) is 47.9 Å². The van der Waals surface area contributed by atoms with Gasteiger partial charge < -0.3 is 29.6 Å². The standard InChI is InChI=1S/C40H40F2N8O5S/c1-4-55-33-12-11-26(23-27(33)39(51)47-37-28(41)8-7-9-29(37)42)36-38(50-15-6-5-10-35(50)46-36)30-13-14-43-40(44-30)45-31-22-25(2)32(24-34(31)54-3)49-18-16-48(17-19-49)20-21-56(52)53/h5-15,22-24H,4,16-21H2,1-3H3,(H,47,51)(H,52,53)(H,43,44,45)/p-1. The van der Waals surface area contributed by atoms with E-state index < -0.39 is 34.3 Å². The van der Waals surface area contributed by atoms with Crippen molar-refractivity contribution in [3.63, 3.8) is 0 Å². The van der Waals surface area contributed by atoms with Gasteiger partial charge in [0.25, 0.3) is 5.91 Å². The number of ether oxygens (including phenoxy) is 2. The molecule has 4 heterocycles. The summed E-state index contributed by atoms with van der Waals surface area (Å²) in [6.07, 6.45) is 3.49. The number of pyridine rings is 1. The lowest BCUT2D eigenvalue weighted by Gasteiger charge is -2.37. The molecule has 3 aromatic carbocycles. The second kappa shape index (κ2) is 16.8. The van der Waals surface area contributed by atoms with Gasteiger partial charge in [-0.05, 0) is 74.0 Å². The fourth-order valence-corrected chi connectivity index (χ4v) is 7.16.